The molecule has 0 saturated carbocycles. The molecule has 5 rings (SSSR count). The van der Waals surface area contributed by atoms with Crippen molar-refractivity contribution in [3.8, 4) is 5.75 Å². The maximum Gasteiger partial charge on any atom is 0.164 e. The van der Waals surface area contributed by atoms with E-state index in [1.165, 1.54) is 17.5 Å². The lowest BCUT2D eigenvalue weighted by Gasteiger charge is -2.21. The molecule has 0 radical (unpaired) electrons. The second kappa shape index (κ2) is 7.54. The fourth-order valence-corrected chi connectivity index (χ4v) is 4.57. The first-order chi connectivity index (χ1) is 14.6. The number of fused-ring (bicyclic) bond motifs is 3. The van der Waals surface area contributed by atoms with Gasteiger partial charge in [0.2, 0.25) is 0 Å². The number of hydrazone groups is 1. The zero-order chi connectivity index (χ0) is 20.7. The van der Waals surface area contributed by atoms with Gasteiger partial charge >= 0.3 is 0 Å². The van der Waals surface area contributed by atoms with Crippen LogP contribution in [0.2, 0.25) is 0 Å². The lowest BCUT2D eigenvalue weighted by molar-refractivity contribution is 0.0115. The van der Waals surface area contributed by atoms with Gasteiger partial charge in [-0.25, -0.2) is 9.37 Å². The molecule has 0 bridgehead atoms. The van der Waals surface area contributed by atoms with Gasteiger partial charge < -0.3 is 14.0 Å². The highest BCUT2D eigenvalue weighted by Gasteiger charge is 2.22. The first-order valence-electron chi connectivity index (χ1n) is 9.21. The Bertz CT molecular complexity index is 1220. The summed E-state index contributed by atoms with van der Waals surface area (Å²) in [6.45, 7) is 1.23. The molecule has 0 aromatic carbocycles. The van der Waals surface area contributed by atoms with Crippen LogP contribution in [-0.2, 0) is 31.4 Å². The standard InChI is InChI=1S/C18H19FN8O2S/c1-26-14-8-29-9-27(7-13-15(28-2)6-21-25-13)22-4-10(14)17-18(26)23-16(30-17)3-12-11(19)5-20-24-12/h4-6H,3,7-9H2,1-2H3,(H,20,24)(H,21,25). The van der Waals surface area contributed by atoms with Gasteiger partial charge in [0.1, 0.15) is 11.7 Å². The van der Waals surface area contributed by atoms with Crippen LogP contribution < -0.4 is 4.74 Å². The van der Waals surface area contributed by atoms with Crippen molar-refractivity contribution in [2.45, 2.75) is 19.6 Å². The summed E-state index contributed by atoms with van der Waals surface area (Å²) in [4.78, 5) is 4.70. The van der Waals surface area contributed by atoms with Crippen LogP contribution >= 0.6 is 11.3 Å². The number of aryl methyl sites for hydroxylation is 1. The molecule has 0 spiro atoms. The number of rotatable bonds is 5. The third-order valence-electron chi connectivity index (χ3n) is 4.99. The van der Waals surface area contributed by atoms with Crippen LogP contribution in [0, 0.1) is 5.82 Å². The van der Waals surface area contributed by atoms with Crippen molar-refractivity contribution in [2.24, 2.45) is 12.1 Å². The molecule has 12 heteroatoms. The molecule has 0 atom stereocenters. The number of halogens is 1. The monoisotopic (exact) mass is 430 g/mol. The minimum absolute atomic E-state index is 0.328. The summed E-state index contributed by atoms with van der Waals surface area (Å²) in [7, 11) is 3.55. The second-order valence-electron chi connectivity index (χ2n) is 6.86. The summed E-state index contributed by atoms with van der Waals surface area (Å²) in [5.74, 6) is 0.317. The molecule has 0 unspecified atom stereocenters. The predicted molar refractivity (Wildman–Crippen MR) is 108 cm³/mol. The Morgan fingerprint density at radius 2 is 2.10 bits per heavy atom. The molecule has 0 aliphatic carbocycles. The summed E-state index contributed by atoms with van der Waals surface area (Å²) in [6.07, 6.45) is 5.00. The van der Waals surface area contributed by atoms with Gasteiger partial charge in [-0.05, 0) is 0 Å². The number of H-pyrrole nitrogens is 2. The Hall–Kier alpha value is -3.25. The smallest absolute Gasteiger partial charge is 0.164 e. The molecular formula is C18H19FN8O2S. The van der Waals surface area contributed by atoms with Gasteiger partial charge in [-0.1, -0.05) is 0 Å². The van der Waals surface area contributed by atoms with E-state index in [1.807, 2.05) is 17.8 Å². The van der Waals surface area contributed by atoms with Gasteiger partial charge in [0.15, 0.2) is 17.2 Å². The Morgan fingerprint density at radius 1 is 1.27 bits per heavy atom. The van der Waals surface area contributed by atoms with Crippen LogP contribution in [0.1, 0.15) is 27.7 Å². The largest absolute Gasteiger partial charge is 0.493 e. The zero-order valence-electron chi connectivity index (χ0n) is 16.3. The Labute approximate surface area is 174 Å². The fraction of sp³-hybridized carbons (Fsp3) is 0.333. The average molecular weight is 430 g/mol. The van der Waals surface area contributed by atoms with E-state index in [0.717, 1.165) is 32.3 Å². The average Bonchev–Trinajstić information content (AvgIpc) is 3.47. The maximum absolute atomic E-state index is 13.7. The number of aromatic amines is 2. The fourth-order valence-electron chi connectivity index (χ4n) is 3.43. The molecule has 0 fully saturated rings. The zero-order valence-corrected chi connectivity index (χ0v) is 17.2. The quantitative estimate of drug-likeness (QED) is 0.502. The van der Waals surface area contributed by atoms with E-state index in [4.69, 9.17) is 14.5 Å². The van der Waals surface area contributed by atoms with Crippen LogP contribution in [0.3, 0.4) is 0 Å². The summed E-state index contributed by atoms with van der Waals surface area (Å²) in [6, 6.07) is 0. The van der Waals surface area contributed by atoms with Crippen molar-refractivity contribution >= 4 is 27.9 Å². The first kappa shape index (κ1) is 18.8. The molecule has 0 amide bonds. The van der Waals surface area contributed by atoms with E-state index >= 15 is 0 Å². The Balaban J connectivity index is 1.45. The third kappa shape index (κ3) is 3.23. The van der Waals surface area contributed by atoms with Crippen molar-refractivity contribution in [3.05, 3.63) is 45.9 Å². The first-order valence-corrected chi connectivity index (χ1v) is 10.0. The van der Waals surface area contributed by atoms with Crippen molar-refractivity contribution in [2.75, 3.05) is 13.8 Å². The summed E-state index contributed by atoms with van der Waals surface area (Å²) >= 11 is 1.52. The van der Waals surface area contributed by atoms with E-state index in [-0.39, 0.29) is 5.82 Å². The van der Waals surface area contributed by atoms with Gasteiger partial charge in [-0.15, -0.1) is 11.3 Å². The summed E-state index contributed by atoms with van der Waals surface area (Å²) in [5, 5.41) is 20.6. The highest BCUT2D eigenvalue weighted by atomic mass is 32.1. The molecule has 1 aliphatic heterocycles. The number of nitrogens with zero attached hydrogens (tertiary/aromatic N) is 6. The van der Waals surface area contributed by atoms with Gasteiger partial charge in [0.05, 0.1) is 60.7 Å². The minimum Gasteiger partial charge on any atom is -0.493 e. The number of aromatic nitrogens is 6. The van der Waals surface area contributed by atoms with Gasteiger partial charge in [0, 0.05) is 19.0 Å². The number of ether oxygens (including phenoxy) is 2. The molecule has 2 N–H and O–H groups in total. The molecule has 0 saturated heterocycles. The normalized spacial score (nSPS) is 14.2. The number of hydrogen-bond acceptors (Lipinski definition) is 8. The Kier molecular flexibility index (Phi) is 4.71. The number of hydrogen-bond donors (Lipinski definition) is 2. The van der Waals surface area contributed by atoms with Crippen LogP contribution in [0.15, 0.2) is 17.5 Å². The highest BCUT2D eigenvalue weighted by molar-refractivity contribution is 7.19. The highest BCUT2D eigenvalue weighted by Crippen LogP contribution is 2.32. The van der Waals surface area contributed by atoms with Crippen molar-refractivity contribution in [1.29, 1.82) is 0 Å². The van der Waals surface area contributed by atoms with Crippen molar-refractivity contribution in [3.63, 3.8) is 0 Å². The van der Waals surface area contributed by atoms with Gasteiger partial charge in [0.25, 0.3) is 0 Å². The SMILES string of the molecule is COc1cn[nH]c1CN1COCc2c(c3sc(Cc4[nH]ncc4F)nc3n2C)C=N1. The van der Waals surface area contributed by atoms with E-state index in [1.54, 1.807) is 18.3 Å². The van der Waals surface area contributed by atoms with Crippen LogP contribution in [-0.4, -0.2) is 55.0 Å². The summed E-state index contributed by atoms with van der Waals surface area (Å²) < 4.78 is 27.9. The van der Waals surface area contributed by atoms with Crippen LogP contribution in [0.25, 0.3) is 10.3 Å². The van der Waals surface area contributed by atoms with Crippen LogP contribution in [0.4, 0.5) is 4.39 Å². The molecular weight excluding hydrogens is 411 g/mol. The van der Waals surface area contributed by atoms with Crippen LogP contribution in [0.5, 0.6) is 5.75 Å². The molecule has 5 heterocycles. The van der Waals surface area contributed by atoms with E-state index < -0.39 is 0 Å². The van der Waals surface area contributed by atoms with E-state index in [0.29, 0.717) is 37.7 Å². The number of nitrogens with one attached hydrogen (secondary N) is 2. The molecule has 10 nitrogen and oxygen atoms in total. The third-order valence-corrected chi connectivity index (χ3v) is 6.07. The summed E-state index contributed by atoms with van der Waals surface area (Å²) in [5.41, 5.74) is 4.04. The lowest BCUT2D eigenvalue weighted by Crippen LogP contribution is -2.23. The van der Waals surface area contributed by atoms with E-state index in [2.05, 4.69) is 25.5 Å². The molecule has 156 valence electrons. The minimum atomic E-state index is -0.357. The van der Waals surface area contributed by atoms with Gasteiger partial charge in [-0.3, -0.25) is 15.2 Å². The molecule has 4 aromatic heterocycles. The predicted octanol–water partition coefficient (Wildman–Crippen LogP) is 2.14. The molecule has 4 aromatic rings. The lowest BCUT2D eigenvalue weighted by atomic mass is 10.2. The second-order valence-corrected chi connectivity index (χ2v) is 7.94. The van der Waals surface area contributed by atoms with Gasteiger partial charge in [-0.2, -0.15) is 15.3 Å². The number of methoxy groups -OCH3 is 1. The van der Waals surface area contributed by atoms with Crippen molar-refractivity contribution in [1.82, 2.24) is 35.0 Å². The van der Waals surface area contributed by atoms with E-state index in [9.17, 15) is 4.39 Å². The molecule has 30 heavy (non-hydrogen) atoms. The van der Waals surface area contributed by atoms with Crippen molar-refractivity contribution < 1.29 is 13.9 Å². The number of thiazole rings is 1. The Morgan fingerprint density at radius 3 is 2.90 bits per heavy atom. The maximum atomic E-state index is 13.7. The molecule has 1 aliphatic rings. The topological polar surface area (TPSA) is 109 Å².